The summed E-state index contributed by atoms with van der Waals surface area (Å²) in [6.45, 7) is 0. The molecular weight excluding hydrogens is 250 g/mol. The molecule has 0 aliphatic carbocycles. The minimum Gasteiger partial charge on any atom is -0.478 e. The fourth-order valence-corrected chi connectivity index (χ4v) is 1.95. The van der Waals surface area contributed by atoms with E-state index in [1.165, 1.54) is 18.5 Å². The average Bonchev–Trinajstić information content (AvgIpc) is 2.39. The minimum absolute atomic E-state index is 0.106. The maximum Gasteiger partial charge on any atom is 0.337 e. The van der Waals surface area contributed by atoms with Crippen LogP contribution in [0.5, 0.6) is 11.5 Å². The number of hydrogen-bond donors (Lipinski definition) is 1. The van der Waals surface area contributed by atoms with Crippen molar-refractivity contribution in [2.24, 2.45) is 0 Å². The number of ether oxygens (including phenoxy) is 1. The normalized spacial score (nSPS) is 10.1. The third-order valence-electron chi connectivity index (χ3n) is 2.26. The van der Waals surface area contributed by atoms with Crippen molar-refractivity contribution in [1.82, 2.24) is 4.98 Å². The molecule has 0 saturated heterocycles. The molecular formula is C13H11NO3S. The van der Waals surface area contributed by atoms with E-state index in [4.69, 9.17) is 9.84 Å². The summed E-state index contributed by atoms with van der Waals surface area (Å²) in [7, 11) is 0. The van der Waals surface area contributed by atoms with Gasteiger partial charge >= 0.3 is 5.97 Å². The number of hydrogen-bond acceptors (Lipinski definition) is 4. The first-order valence-electron chi connectivity index (χ1n) is 5.20. The SMILES string of the molecule is CSc1ccccc1Oc1cncc(C(=O)O)c1. The fraction of sp³-hybridized carbons (Fsp3) is 0.0769. The van der Waals surface area contributed by atoms with E-state index in [1.54, 1.807) is 11.8 Å². The van der Waals surface area contributed by atoms with Crippen LogP contribution < -0.4 is 4.74 Å². The molecule has 2 aromatic rings. The van der Waals surface area contributed by atoms with Gasteiger partial charge in [0.1, 0.15) is 11.5 Å². The van der Waals surface area contributed by atoms with Gasteiger partial charge in [-0.05, 0) is 24.5 Å². The van der Waals surface area contributed by atoms with Crippen molar-refractivity contribution in [2.75, 3.05) is 6.26 Å². The van der Waals surface area contributed by atoms with Crippen molar-refractivity contribution in [2.45, 2.75) is 4.90 Å². The summed E-state index contributed by atoms with van der Waals surface area (Å²) in [5.41, 5.74) is 0.106. The summed E-state index contributed by atoms with van der Waals surface area (Å²) >= 11 is 1.56. The van der Waals surface area contributed by atoms with E-state index in [1.807, 2.05) is 30.5 Å². The van der Waals surface area contributed by atoms with Crippen molar-refractivity contribution < 1.29 is 14.6 Å². The molecule has 2 rings (SSSR count). The first-order chi connectivity index (χ1) is 8.70. The smallest absolute Gasteiger partial charge is 0.337 e. The topological polar surface area (TPSA) is 59.4 Å². The zero-order valence-electron chi connectivity index (χ0n) is 9.66. The number of nitrogens with zero attached hydrogens (tertiary/aromatic N) is 1. The summed E-state index contributed by atoms with van der Waals surface area (Å²) in [4.78, 5) is 15.7. The van der Waals surface area contributed by atoms with Crippen molar-refractivity contribution >= 4 is 17.7 Å². The van der Waals surface area contributed by atoms with Crippen LogP contribution in [0.15, 0.2) is 47.6 Å². The third-order valence-corrected chi connectivity index (χ3v) is 3.03. The molecule has 1 heterocycles. The molecule has 0 aliphatic heterocycles. The second-order valence-electron chi connectivity index (χ2n) is 3.47. The summed E-state index contributed by atoms with van der Waals surface area (Å²) in [6, 6.07) is 9.01. The number of benzene rings is 1. The van der Waals surface area contributed by atoms with E-state index >= 15 is 0 Å². The highest BCUT2D eigenvalue weighted by Gasteiger charge is 2.07. The van der Waals surface area contributed by atoms with Crippen molar-refractivity contribution in [1.29, 1.82) is 0 Å². The molecule has 0 bridgehead atoms. The molecule has 0 aliphatic rings. The lowest BCUT2D eigenvalue weighted by atomic mass is 10.3. The summed E-state index contributed by atoms with van der Waals surface area (Å²) < 4.78 is 5.64. The van der Waals surface area contributed by atoms with E-state index in [0.29, 0.717) is 11.5 Å². The van der Waals surface area contributed by atoms with Gasteiger partial charge in [0.05, 0.1) is 11.8 Å². The van der Waals surface area contributed by atoms with E-state index in [9.17, 15) is 4.79 Å². The molecule has 0 fully saturated rings. The number of carboxylic acid groups (broad SMARTS) is 1. The Morgan fingerprint density at radius 3 is 2.83 bits per heavy atom. The molecule has 0 unspecified atom stereocenters. The number of thioether (sulfide) groups is 1. The van der Waals surface area contributed by atoms with Crippen LogP contribution in [0.25, 0.3) is 0 Å². The van der Waals surface area contributed by atoms with E-state index in [2.05, 4.69) is 4.98 Å². The maximum atomic E-state index is 10.8. The van der Waals surface area contributed by atoms with Crippen molar-refractivity contribution in [3.8, 4) is 11.5 Å². The third kappa shape index (κ3) is 2.81. The average molecular weight is 261 g/mol. The fourth-order valence-electron chi connectivity index (χ4n) is 1.42. The van der Waals surface area contributed by atoms with Crippen LogP contribution in [0.4, 0.5) is 0 Å². The quantitative estimate of drug-likeness (QED) is 0.856. The first kappa shape index (κ1) is 12.4. The first-order valence-corrected chi connectivity index (χ1v) is 6.42. The highest BCUT2D eigenvalue weighted by molar-refractivity contribution is 7.98. The Kier molecular flexibility index (Phi) is 3.84. The van der Waals surface area contributed by atoms with Crippen LogP contribution in [-0.2, 0) is 0 Å². The Balaban J connectivity index is 2.28. The Hall–Kier alpha value is -2.01. The van der Waals surface area contributed by atoms with Crippen molar-refractivity contribution in [3.05, 3.63) is 48.3 Å². The Morgan fingerprint density at radius 2 is 2.11 bits per heavy atom. The molecule has 5 heteroatoms. The number of carbonyl (C=O) groups is 1. The molecule has 0 atom stereocenters. The summed E-state index contributed by atoms with van der Waals surface area (Å²) in [6.07, 6.45) is 4.73. The Bertz CT molecular complexity index is 572. The van der Waals surface area contributed by atoms with E-state index in [-0.39, 0.29) is 5.56 Å². The van der Waals surface area contributed by atoms with Gasteiger partial charge in [-0.25, -0.2) is 4.79 Å². The van der Waals surface area contributed by atoms with Gasteiger partial charge in [0.15, 0.2) is 0 Å². The van der Waals surface area contributed by atoms with Gasteiger partial charge in [-0.1, -0.05) is 12.1 Å². The molecule has 1 aromatic heterocycles. The second-order valence-corrected chi connectivity index (χ2v) is 4.32. The highest BCUT2D eigenvalue weighted by atomic mass is 32.2. The van der Waals surface area contributed by atoms with Gasteiger partial charge in [-0.2, -0.15) is 0 Å². The predicted octanol–water partition coefficient (Wildman–Crippen LogP) is 3.29. The molecule has 18 heavy (non-hydrogen) atoms. The van der Waals surface area contributed by atoms with Gasteiger partial charge in [0.2, 0.25) is 0 Å². The lowest BCUT2D eigenvalue weighted by molar-refractivity contribution is 0.0696. The summed E-state index contributed by atoms with van der Waals surface area (Å²) in [5, 5.41) is 8.88. The Morgan fingerprint density at radius 1 is 1.33 bits per heavy atom. The van der Waals surface area contributed by atoms with Gasteiger partial charge in [-0.15, -0.1) is 11.8 Å². The van der Waals surface area contributed by atoms with Crippen LogP contribution in [0.1, 0.15) is 10.4 Å². The zero-order chi connectivity index (χ0) is 13.0. The molecule has 0 saturated carbocycles. The van der Waals surface area contributed by atoms with Crippen LogP contribution in [0, 0.1) is 0 Å². The van der Waals surface area contributed by atoms with Crippen LogP contribution >= 0.6 is 11.8 Å². The van der Waals surface area contributed by atoms with Gasteiger partial charge < -0.3 is 9.84 Å². The number of pyridine rings is 1. The number of aromatic nitrogens is 1. The molecule has 0 spiro atoms. The molecule has 1 N–H and O–H groups in total. The summed E-state index contributed by atoms with van der Waals surface area (Å²) in [5.74, 6) is 0.0804. The predicted molar refractivity (Wildman–Crippen MR) is 69.5 cm³/mol. The molecule has 1 aromatic carbocycles. The number of para-hydroxylation sites is 1. The zero-order valence-corrected chi connectivity index (χ0v) is 10.5. The highest BCUT2D eigenvalue weighted by Crippen LogP contribution is 2.31. The van der Waals surface area contributed by atoms with Gasteiger partial charge in [0, 0.05) is 11.1 Å². The van der Waals surface area contributed by atoms with E-state index < -0.39 is 5.97 Å². The van der Waals surface area contributed by atoms with Gasteiger partial charge in [0.25, 0.3) is 0 Å². The monoisotopic (exact) mass is 261 g/mol. The number of aromatic carboxylic acids is 1. The maximum absolute atomic E-state index is 10.8. The second kappa shape index (κ2) is 5.55. The molecule has 0 amide bonds. The lowest BCUT2D eigenvalue weighted by Gasteiger charge is -2.09. The molecule has 0 radical (unpaired) electrons. The van der Waals surface area contributed by atoms with Crippen LogP contribution in [0.2, 0.25) is 0 Å². The Labute approximate surface area is 109 Å². The van der Waals surface area contributed by atoms with E-state index in [0.717, 1.165) is 4.90 Å². The minimum atomic E-state index is -1.02. The lowest BCUT2D eigenvalue weighted by Crippen LogP contribution is -1.97. The van der Waals surface area contributed by atoms with Crippen molar-refractivity contribution in [3.63, 3.8) is 0 Å². The van der Waals surface area contributed by atoms with Gasteiger partial charge in [-0.3, -0.25) is 4.98 Å². The standard InChI is InChI=1S/C13H11NO3S/c1-18-12-5-3-2-4-11(12)17-10-6-9(13(15)16)7-14-8-10/h2-8H,1H3,(H,15,16). The largest absolute Gasteiger partial charge is 0.478 e. The molecule has 4 nitrogen and oxygen atoms in total. The number of rotatable bonds is 4. The van der Waals surface area contributed by atoms with Crippen LogP contribution in [0.3, 0.4) is 0 Å². The number of carboxylic acids is 1. The van der Waals surface area contributed by atoms with Crippen LogP contribution in [-0.4, -0.2) is 22.3 Å². The molecule has 92 valence electrons.